The minimum absolute atomic E-state index is 0.0400. The number of carbonyl (C=O) groups is 1. The van der Waals surface area contributed by atoms with Gasteiger partial charge < -0.3 is 0 Å². The number of benzene rings is 1. The number of amides is 1. The van der Waals surface area contributed by atoms with E-state index in [4.69, 9.17) is 0 Å². The Labute approximate surface area is 147 Å². The van der Waals surface area contributed by atoms with Crippen LogP contribution in [0.4, 0.5) is 14.7 Å². The Morgan fingerprint density at radius 3 is 2.64 bits per heavy atom. The first-order valence-electron chi connectivity index (χ1n) is 7.01. The average molecular weight is 410 g/mol. The minimum Gasteiger partial charge on any atom is -0.293 e. The van der Waals surface area contributed by atoms with Crippen molar-refractivity contribution in [3.8, 4) is 0 Å². The Balaban J connectivity index is 2.00. The molecule has 1 amide bonds. The van der Waals surface area contributed by atoms with Gasteiger partial charge in [-0.3, -0.25) is 14.9 Å². The highest BCUT2D eigenvalue weighted by Gasteiger charge is 2.19. The van der Waals surface area contributed by atoms with E-state index < -0.39 is 30.1 Å². The number of fused-ring (bicyclic) bond motifs is 1. The van der Waals surface area contributed by atoms with Crippen LogP contribution in [0.1, 0.15) is 12.1 Å². The summed E-state index contributed by atoms with van der Waals surface area (Å²) in [5, 5.41) is 6.11. The van der Waals surface area contributed by atoms with E-state index in [1.807, 2.05) is 0 Å². The molecule has 7 nitrogen and oxygen atoms in total. The molecule has 2 aromatic heterocycles. The summed E-state index contributed by atoms with van der Waals surface area (Å²) in [5.41, 5.74) is -1.21. The Kier molecular flexibility index (Phi) is 4.79. The van der Waals surface area contributed by atoms with Crippen molar-refractivity contribution < 1.29 is 13.6 Å². The number of aromatic nitrogens is 4. The van der Waals surface area contributed by atoms with Crippen LogP contribution in [0.25, 0.3) is 10.8 Å². The lowest BCUT2D eigenvalue weighted by Gasteiger charge is -2.10. The molecule has 1 aromatic carbocycles. The van der Waals surface area contributed by atoms with Crippen molar-refractivity contribution in [1.82, 2.24) is 19.7 Å². The summed E-state index contributed by atoms with van der Waals surface area (Å²) in [4.78, 5) is 32.1. The number of carbonyl (C=O) groups excluding carboxylic acids is 1. The number of hydrogen-bond acceptors (Lipinski definition) is 5. The second-order valence-electron chi connectivity index (χ2n) is 4.96. The summed E-state index contributed by atoms with van der Waals surface area (Å²) >= 11 is 3.20. The monoisotopic (exact) mass is 409 g/mol. The maximum absolute atomic E-state index is 13.3. The number of halogens is 3. The van der Waals surface area contributed by atoms with Gasteiger partial charge in [-0.15, -0.1) is 0 Å². The number of hydrogen-bond donors (Lipinski definition) is 1. The number of alkyl halides is 2. The molecular weight excluding hydrogens is 400 g/mol. The van der Waals surface area contributed by atoms with E-state index >= 15 is 0 Å². The summed E-state index contributed by atoms with van der Waals surface area (Å²) in [6, 6.07) is 5.91. The molecule has 0 unspecified atom stereocenters. The molecule has 0 spiro atoms. The van der Waals surface area contributed by atoms with Gasteiger partial charge in [-0.2, -0.15) is 5.10 Å². The third kappa shape index (κ3) is 3.68. The van der Waals surface area contributed by atoms with Crippen LogP contribution in [0.2, 0.25) is 0 Å². The average Bonchev–Trinajstić information content (AvgIpc) is 2.58. The third-order valence-electron chi connectivity index (χ3n) is 3.27. The molecule has 0 saturated carbocycles. The first-order chi connectivity index (χ1) is 12.0. The smallest absolute Gasteiger partial charge is 0.282 e. The van der Waals surface area contributed by atoms with Crippen molar-refractivity contribution in [2.75, 3.05) is 5.32 Å². The molecule has 3 aromatic rings. The van der Waals surface area contributed by atoms with Gasteiger partial charge in [-0.1, -0.05) is 22.0 Å². The number of rotatable bonds is 4. The minimum atomic E-state index is -2.89. The topological polar surface area (TPSA) is 89.8 Å². The van der Waals surface area contributed by atoms with E-state index in [0.29, 0.717) is 9.15 Å². The zero-order valence-electron chi connectivity index (χ0n) is 12.5. The van der Waals surface area contributed by atoms with Gasteiger partial charge in [0.05, 0.1) is 5.39 Å². The Morgan fingerprint density at radius 1 is 1.24 bits per heavy atom. The van der Waals surface area contributed by atoms with Gasteiger partial charge in [-0.05, 0) is 18.2 Å². The van der Waals surface area contributed by atoms with Gasteiger partial charge in [0.15, 0.2) is 0 Å². The van der Waals surface area contributed by atoms with Gasteiger partial charge in [0.2, 0.25) is 11.9 Å². The van der Waals surface area contributed by atoms with E-state index in [0.717, 1.165) is 0 Å². The van der Waals surface area contributed by atoms with Gasteiger partial charge in [0.1, 0.15) is 12.2 Å². The first-order valence-corrected chi connectivity index (χ1v) is 7.80. The van der Waals surface area contributed by atoms with Crippen LogP contribution in [0.5, 0.6) is 0 Å². The number of nitrogens with one attached hydrogen (secondary N) is 1. The molecule has 128 valence electrons. The molecule has 0 fully saturated rings. The predicted molar refractivity (Wildman–Crippen MR) is 89.3 cm³/mol. The highest BCUT2D eigenvalue weighted by Crippen LogP contribution is 2.25. The molecule has 0 radical (unpaired) electrons. The lowest BCUT2D eigenvalue weighted by Crippen LogP contribution is -2.31. The molecular formula is C15H10BrF2N5O2. The first kappa shape index (κ1) is 17.1. The molecule has 0 bridgehead atoms. The van der Waals surface area contributed by atoms with Crippen molar-refractivity contribution in [2.24, 2.45) is 0 Å². The lowest BCUT2D eigenvalue weighted by atomic mass is 10.1. The Bertz CT molecular complexity index is 994. The fourth-order valence-electron chi connectivity index (χ4n) is 2.22. The Hall–Kier alpha value is -2.75. The summed E-state index contributed by atoms with van der Waals surface area (Å²) in [7, 11) is 0. The molecule has 1 N–H and O–H groups in total. The van der Waals surface area contributed by atoms with Crippen LogP contribution >= 0.6 is 15.9 Å². The van der Waals surface area contributed by atoms with Crippen molar-refractivity contribution in [3.05, 3.63) is 57.2 Å². The van der Waals surface area contributed by atoms with Crippen LogP contribution in [0.3, 0.4) is 0 Å². The zero-order chi connectivity index (χ0) is 18.0. The fraction of sp³-hybridized carbons (Fsp3) is 0.133. The van der Waals surface area contributed by atoms with Crippen molar-refractivity contribution in [2.45, 2.75) is 13.0 Å². The molecule has 2 heterocycles. The molecule has 0 atom stereocenters. The molecule has 25 heavy (non-hydrogen) atoms. The van der Waals surface area contributed by atoms with Crippen molar-refractivity contribution in [1.29, 1.82) is 0 Å². The van der Waals surface area contributed by atoms with Crippen molar-refractivity contribution >= 4 is 38.6 Å². The van der Waals surface area contributed by atoms with E-state index in [1.54, 1.807) is 12.1 Å². The van der Waals surface area contributed by atoms with E-state index in [-0.39, 0.29) is 16.7 Å². The third-order valence-corrected chi connectivity index (χ3v) is 3.76. The standard InChI is InChI=1S/C15H10BrF2N5O2/c16-8-2-3-9-10(6-8)14(25)23(22-12(9)13(17)18)7-11(24)21-15-19-4-1-5-20-15/h1-6,13H,7H2,(H,19,20,21,24). The van der Waals surface area contributed by atoms with E-state index in [2.05, 4.69) is 36.3 Å². The van der Waals surface area contributed by atoms with E-state index in [9.17, 15) is 18.4 Å². The number of anilines is 1. The van der Waals surface area contributed by atoms with Crippen LogP contribution in [0.15, 0.2) is 45.9 Å². The van der Waals surface area contributed by atoms with E-state index in [1.165, 1.54) is 24.5 Å². The van der Waals surface area contributed by atoms with Gasteiger partial charge in [0.25, 0.3) is 12.0 Å². The van der Waals surface area contributed by atoms with Crippen molar-refractivity contribution in [3.63, 3.8) is 0 Å². The lowest BCUT2D eigenvalue weighted by molar-refractivity contribution is -0.117. The van der Waals surface area contributed by atoms with Gasteiger partial charge >= 0.3 is 0 Å². The quantitative estimate of drug-likeness (QED) is 0.714. The second kappa shape index (κ2) is 7.01. The normalized spacial score (nSPS) is 11.0. The fourth-order valence-corrected chi connectivity index (χ4v) is 2.58. The molecule has 0 saturated heterocycles. The molecule has 0 aliphatic carbocycles. The van der Waals surface area contributed by atoms with Crippen LogP contribution in [0, 0.1) is 0 Å². The summed E-state index contributed by atoms with van der Waals surface area (Å²) in [6.45, 7) is -0.542. The van der Waals surface area contributed by atoms with Crippen LogP contribution < -0.4 is 10.9 Å². The highest BCUT2D eigenvalue weighted by atomic mass is 79.9. The maximum Gasteiger partial charge on any atom is 0.282 e. The predicted octanol–water partition coefficient (Wildman–Crippen LogP) is 2.53. The molecule has 0 aliphatic heterocycles. The Morgan fingerprint density at radius 2 is 1.96 bits per heavy atom. The largest absolute Gasteiger partial charge is 0.293 e. The highest BCUT2D eigenvalue weighted by molar-refractivity contribution is 9.10. The maximum atomic E-state index is 13.3. The van der Waals surface area contributed by atoms with Crippen LogP contribution in [-0.4, -0.2) is 25.7 Å². The van der Waals surface area contributed by atoms with Gasteiger partial charge in [0, 0.05) is 22.3 Å². The van der Waals surface area contributed by atoms with Crippen LogP contribution in [-0.2, 0) is 11.3 Å². The van der Waals surface area contributed by atoms with Gasteiger partial charge in [-0.25, -0.2) is 23.4 Å². The summed E-state index contributed by atoms with van der Waals surface area (Å²) < 4.78 is 27.8. The SMILES string of the molecule is O=C(Cn1nc(C(F)F)c2ccc(Br)cc2c1=O)Nc1ncccn1. The molecule has 10 heteroatoms. The summed E-state index contributed by atoms with van der Waals surface area (Å²) in [6.07, 6.45) is -0.0404. The second-order valence-corrected chi connectivity index (χ2v) is 5.87. The number of nitrogens with zero attached hydrogens (tertiary/aromatic N) is 4. The zero-order valence-corrected chi connectivity index (χ0v) is 14.1. The molecule has 3 rings (SSSR count). The molecule has 0 aliphatic rings. The summed E-state index contributed by atoms with van der Waals surface area (Å²) in [5.74, 6) is -0.617.